The maximum Gasteiger partial charge on any atom is 0.251 e. The second kappa shape index (κ2) is 7.52. The molecule has 2 aromatic carbocycles. The molecule has 0 radical (unpaired) electrons. The van der Waals surface area contributed by atoms with Crippen LogP contribution in [-0.2, 0) is 17.8 Å². The minimum atomic E-state index is -0.343. The molecule has 0 aliphatic rings. The van der Waals surface area contributed by atoms with Crippen LogP contribution in [0.4, 0.5) is 4.39 Å². The molecule has 0 saturated carbocycles. The van der Waals surface area contributed by atoms with E-state index >= 15 is 0 Å². The summed E-state index contributed by atoms with van der Waals surface area (Å²) in [5, 5.41) is 3.65. The normalized spacial score (nSPS) is 10.9. The molecule has 0 unspecified atom stereocenters. The van der Waals surface area contributed by atoms with Crippen LogP contribution in [-0.4, -0.2) is 10.9 Å². The summed E-state index contributed by atoms with van der Waals surface area (Å²) in [5.74, 6) is -0.558. The first-order valence-corrected chi connectivity index (χ1v) is 8.58. The van der Waals surface area contributed by atoms with Crippen LogP contribution < -0.4 is 10.9 Å². The van der Waals surface area contributed by atoms with Crippen molar-refractivity contribution < 1.29 is 9.18 Å². The molecule has 2 N–H and O–H groups in total. The van der Waals surface area contributed by atoms with Gasteiger partial charge in [0, 0.05) is 24.1 Å². The summed E-state index contributed by atoms with van der Waals surface area (Å²) in [7, 11) is 0. The number of aryl methyl sites for hydroxylation is 3. The molecule has 3 aromatic rings. The highest BCUT2D eigenvalue weighted by Crippen LogP contribution is 2.19. The van der Waals surface area contributed by atoms with Gasteiger partial charge >= 0.3 is 0 Å². The summed E-state index contributed by atoms with van der Waals surface area (Å²) in [4.78, 5) is 27.2. The lowest BCUT2D eigenvalue weighted by atomic mass is 10.0. The molecule has 26 heavy (non-hydrogen) atoms. The summed E-state index contributed by atoms with van der Waals surface area (Å²) in [6, 6.07) is 12.1. The number of rotatable bonds is 5. The number of benzene rings is 2. The van der Waals surface area contributed by atoms with E-state index < -0.39 is 0 Å². The smallest absolute Gasteiger partial charge is 0.251 e. The molecular formula is C21H21FN2O2. The number of aromatic nitrogens is 1. The quantitative estimate of drug-likeness (QED) is 0.738. The Hall–Kier alpha value is -2.95. The van der Waals surface area contributed by atoms with Gasteiger partial charge < -0.3 is 10.3 Å². The number of carbonyl (C=O) groups excluding carboxylic acids is 1. The molecule has 0 bridgehead atoms. The number of hydrogen-bond acceptors (Lipinski definition) is 2. The number of aromatic amines is 1. The molecule has 0 fully saturated rings. The van der Waals surface area contributed by atoms with Crippen LogP contribution >= 0.6 is 0 Å². The van der Waals surface area contributed by atoms with Crippen molar-refractivity contribution >= 4 is 16.8 Å². The first-order valence-electron chi connectivity index (χ1n) is 8.58. The Kier molecular flexibility index (Phi) is 5.16. The van der Waals surface area contributed by atoms with Crippen LogP contribution in [0.5, 0.6) is 0 Å². The van der Waals surface area contributed by atoms with E-state index in [4.69, 9.17) is 0 Å². The van der Waals surface area contributed by atoms with E-state index in [1.807, 2.05) is 32.0 Å². The van der Waals surface area contributed by atoms with E-state index in [0.717, 1.165) is 22.0 Å². The lowest BCUT2D eigenvalue weighted by molar-refractivity contribution is -0.121. The van der Waals surface area contributed by atoms with Crippen LogP contribution in [0.25, 0.3) is 10.9 Å². The summed E-state index contributed by atoms with van der Waals surface area (Å²) >= 11 is 0. The zero-order valence-electron chi connectivity index (χ0n) is 14.9. The highest BCUT2D eigenvalue weighted by atomic mass is 19.1. The molecule has 1 heterocycles. The third-order valence-corrected chi connectivity index (χ3v) is 4.68. The fourth-order valence-corrected chi connectivity index (χ4v) is 2.93. The molecule has 0 spiro atoms. The lowest BCUT2D eigenvalue weighted by Gasteiger charge is -2.09. The summed E-state index contributed by atoms with van der Waals surface area (Å²) in [6.45, 7) is 4.11. The fraction of sp³-hybridized carbons (Fsp3) is 0.238. The standard InChI is InChI=1S/C21H21FN2O2/c1-13-7-8-15-11-16(21(26)24-20(15)14(13)2)9-10-19(25)23-12-17-5-3-4-6-18(17)22/h3-8,11H,9-10,12H2,1-2H3,(H,23,25)(H,24,26). The number of H-pyrrole nitrogens is 1. The van der Waals surface area contributed by atoms with E-state index in [-0.39, 0.29) is 30.2 Å². The van der Waals surface area contributed by atoms with Crippen LogP contribution in [0.3, 0.4) is 0 Å². The van der Waals surface area contributed by atoms with Gasteiger partial charge in [-0.15, -0.1) is 0 Å². The van der Waals surface area contributed by atoms with Gasteiger partial charge in [0.15, 0.2) is 0 Å². The minimum Gasteiger partial charge on any atom is -0.352 e. The van der Waals surface area contributed by atoms with Crippen LogP contribution in [0.1, 0.15) is 28.7 Å². The Morgan fingerprint density at radius 2 is 1.88 bits per heavy atom. The van der Waals surface area contributed by atoms with E-state index in [1.165, 1.54) is 6.07 Å². The van der Waals surface area contributed by atoms with Crippen molar-refractivity contribution in [3.63, 3.8) is 0 Å². The molecule has 0 atom stereocenters. The highest BCUT2D eigenvalue weighted by molar-refractivity contribution is 5.83. The van der Waals surface area contributed by atoms with Gasteiger partial charge in [-0.3, -0.25) is 9.59 Å². The molecule has 134 valence electrons. The first kappa shape index (κ1) is 17.9. The Morgan fingerprint density at radius 3 is 2.65 bits per heavy atom. The molecular weight excluding hydrogens is 331 g/mol. The van der Waals surface area contributed by atoms with Gasteiger partial charge in [0.05, 0.1) is 5.52 Å². The minimum absolute atomic E-state index is 0.137. The molecule has 0 saturated heterocycles. The highest BCUT2D eigenvalue weighted by Gasteiger charge is 2.09. The maximum absolute atomic E-state index is 13.6. The lowest BCUT2D eigenvalue weighted by Crippen LogP contribution is -2.24. The third-order valence-electron chi connectivity index (χ3n) is 4.68. The van der Waals surface area contributed by atoms with Crippen molar-refractivity contribution in [2.24, 2.45) is 0 Å². The first-order chi connectivity index (χ1) is 12.5. The molecule has 0 aliphatic carbocycles. The molecule has 1 amide bonds. The van der Waals surface area contributed by atoms with Gasteiger partial charge in [0.25, 0.3) is 5.56 Å². The number of halogens is 1. The van der Waals surface area contributed by atoms with Crippen molar-refractivity contribution in [3.8, 4) is 0 Å². The van der Waals surface area contributed by atoms with Gasteiger partial charge in [-0.05, 0) is 48.9 Å². The van der Waals surface area contributed by atoms with Gasteiger partial charge in [-0.2, -0.15) is 0 Å². The Morgan fingerprint density at radius 1 is 1.12 bits per heavy atom. The predicted octanol–water partition coefficient (Wildman–Crippen LogP) is 3.53. The van der Waals surface area contributed by atoms with Gasteiger partial charge in [0.1, 0.15) is 5.82 Å². The van der Waals surface area contributed by atoms with Crippen LogP contribution in [0, 0.1) is 19.7 Å². The number of amides is 1. The number of nitrogens with one attached hydrogen (secondary N) is 2. The SMILES string of the molecule is Cc1ccc2cc(CCC(=O)NCc3ccccc3F)c(=O)[nH]c2c1C. The second-order valence-electron chi connectivity index (χ2n) is 6.46. The number of hydrogen-bond donors (Lipinski definition) is 2. The van der Waals surface area contributed by atoms with Crippen LogP contribution in [0.2, 0.25) is 0 Å². The van der Waals surface area contributed by atoms with E-state index in [2.05, 4.69) is 10.3 Å². The van der Waals surface area contributed by atoms with Crippen LogP contribution in [0.15, 0.2) is 47.3 Å². The van der Waals surface area contributed by atoms with E-state index in [1.54, 1.807) is 18.2 Å². The number of pyridine rings is 1. The Balaban J connectivity index is 1.67. The fourth-order valence-electron chi connectivity index (χ4n) is 2.93. The Bertz CT molecular complexity index is 1020. The average molecular weight is 352 g/mol. The molecule has 0 aliphatic heterocycles. The zero-order chi connectivity index (χ0) is 18.7. The van der Waals surface area contributed by atoms with Gasteiger partial charge in [-0.25, -0.2) is 4.39 Å². The molecule has 3 rings (SSSR count). The summed E-state index contributed by atoms with van der Waals surface area (Å²) < 4.78 is 13.6. The molecule has 1 aromatic heterocycles. The predicted molar refractivity (Wildman–Crippen MR) is 101 cm³/mol. The second-order valence-corrected chi connectivity index (χ2v) is 6.46. The topological polar surface area (TPSA) is 62.0 Å². The van der Waals surface area contributed by atoms with Crippen molar-refractivity contribution in [3.05, 3.63) is 80.9 Å². The molecule has 5 heteroatoms. The maximum atomic E-state index is 13.6. The van der Waals surface area contributed by atoms with E-state index in [9.17, 15) is 14.0 Å². The summed E-state index contributed by atoms with van der Waals surface area (Å²) in [5.41, 5.74) is 3.84. The Labute approximate surface area is 151 Å². The van der Waals surface area contributed by atoms with E-state index in [0.29, 0.717) is 17.5 Å². The zero-order valence-corrected chi connectivity index (χ0v) is 14.9. The van der Waals surface area contributed by atoms with Crippen molar-refractivity contribution in [1.29, 1.82) is 0 Å². The van der Waals surface area contributed by atoms with Crippen molar-refractivity contribution in [1.82, 2.24) is 10.3 Å². The number of fused-ring (bicyclic) bond motifs is 1. The summed E-state index contributed by atoms with van der Waals surface area (Å²) in [6.07, 6.45) is 0.509. The third kappa shape index (κ3) is 3.82. The van der Waals surface area contributed by atoms with Gasteiger partial charge in [-0.1, -0.05) is 30.3 Å². The van der Waals surface area contributed by atoms with Crippen molar-refractivity contribution in [2.45, 2.75) is 33.2 Å². The van der Waals surface area contributed by atoms with Crippen molar-refractivity contribution in [2.75, 3.05) is 0 Å². The number of carbonyl (C=O) groups is 1. The average Bonchev–Trinajstić information content (AvgIpc) is 2.63. The molecule has 4 nitrogen and oxygen atoms in total. The largest absolute Gasteiger partial charge is 0.352 e. The van der Waals surface area contributed by atoms with Gasteiger partial charge in [0.2, 0.25) is 5.91 Å². The monoisotopic (exact) mass is 352 g/mol.